The number of benzene rings is 1. The Balaban J connectivity index is 2.10. The van der Waals surface area contributed by atoms with Gasteiger partial charge in [-0.25, -0.2) is 9.18 Å². The van der Waals surface area contributed by atoms with Gasteiger partial charge in [0.15, 0.2) is 5.54 Å². The zero-order chi connectivity index (χ0) is 19.7. The van der Waals surface area contributed by atoms with Gasteiger partial charge in [0, 0.05) is 6.20 Å². The van der Waals surface area contributed by atoms with Gasteiger partial charge in [-0.15, -0.1) is 0 Å². The third-order valence-corrected chi connectivity index (χ3v) is 3.71. The van der Waals surface area contributed by atoms with Crippen LogP contribution in [-0.4, -0.2) is 26.8 Å². The molecule has 1 heterocycles. The minimum absolute atomic E-state index is 0.0545. The van der Waals surface area contributed by atoms with Crippen LogP contribution < -0.4 is 5.32 Å². The van der Waals surface area contributed by atoms with E-state index < -0.39 is 35.3 Å². The van der Waals surface area contributed by atoms with E-state index in [-0.39, 0.29) is 11.3 Å². The molecule has 140 valence electrons. The second-order valence-corrected chi connectivity index (χ2v) is 6.01. The molecule has 26 heavy (non-hydrogen) atoms. The third kappa shape index (κ3) is 4.01. The Bertz CT molecular complexity index is 813. The first-order chi connectivity index (χ1) is 11.9. The zero-order valence-corrected chi connectivity index (χ0v) is 13.7. The van der Waals surface area contributed by atoms with E-state index in [1.807, 2.05) is 0 Å². The zero-order valence-electron chi connectivity index (χ0n) is 13.7. The predicted octanol–water partition coefficient (Wildman–Crippen LogP) is 3.37. The number of nitrogens with zero attached hydrogens (tertiary/aromatic N) is 2. The number of carbonyl (C=O) groups excluding carboxylic acids is 1. The molecule has 2 rings (SSSR count). The summed E-state index contributed by atoms with van der Waals surface area (Å²) in [5.74, 6) is -2.27. The van der Waals surface area contributed by atoms with Crippen LogP contribution in [0.5, 0.6) is 0 Å². The van der Waals surface area contributed by atoms with Gasteiger partial charge in [0.2, 0.25) is 6.17 Å². The highest BCUT2D eigenvalue weighted by atomic mass is 19.4. The van der Waals surface area contributed by atoms with Crippen molar-refractivity contribution in [3.8, 4) is 0 Å². The lowest BCUT2D eigenvalue weighted by Crippen LogP contribution is -2.35. The maximum absolute atomic E-state index is 14.2. The van der Waals surface area contributed by atoms with E-state index in [0.717, 1.165) is 23.0 Å². The third-order valence-electron chi connectivity index (χ3n) is 3.71. The number of aliphatic carboxylic acids is 1. The van der Waals surface area contributed by atoms with Crippen molar-refractivity contribution >= 4 is 17.6 Å². The van der Waals surface area contributed by atoms with Crippen LogP contribution in [0.2, 0.25) is 0 Å². The fraction of sp³-hybridized carbons (Fsp3) is 0.312. The molecule has 0 saturated heterocycles. The maximum Gasteiger partial charge on any atom is 0.416 e. The molecule has 2 aromatic rings. The maximum atomic E-state index is 14.2. The fourth-order valence-corrected chi connectivity index (χ4v) is 1.99. The fourth-order valence-electron chi connectivity index (χ4n) is 1.99. The van der Waals surface area contributed by atoms with Gasteiger partial charge in [0.25, 0.3) is 5.91 Å². The lowest BCUT2D eigenvalue weighted by atomic mass is 10.1. The number of anilines is 1. The van der Waals surface area contributed by atoms with Crippen molar-refractivity contribution in [1.82, 2.24) is 9.78 Å². The average molecular weight is 373 g/mol. The van der Waals surface area contributed by atoms with E-state index in [1.54, 1.807) is 0 Å². The van der Waals surface area contributed by atoms with Gasteiger partial charge < -0.3 is 10.4 Å². The van der Waals surface area contributed by atoms with E-state index in [2.05, 4.69) is 10.4 Å². The van der Waals surface area contributed by atoms with Gasteiger partial charge in [0.05, 0.1) is 17.4 Å². The summed E-state index contributed by atoms with van der Waals surface area (Å²) in [6.07, 6.45) is -4.40. The summed E-state index contributed by atoms with van der Waals surface area (Å²) in [4.78, 5) is 23.1. The van der Waals surface area contributed by atoms with E-state index in [4.69, 9.17) is 5.11 Å². The Morgan fingerprint density at radius 2 is 1.77 bits per heavy atom. The number of halogens is 4. The number of rotatable bonds is 5. The highest BCUT2D eigenvalue weighted by Crippen LogP contribution is 2.30. The number of carboxylic acids is 1. The molecule has 0 bridgehead atoms. The van der Waals surface area contributed by atoms with E-state index in [0.29, 0.717) is 12.1 Å². The van der Waals surface area contributed by atoms with E-state index in [9.17, 15) is 27.2 Å². The molecule has 0 aliphatic heterocycles. The smallest absolute Gasteiger partial charge is 0.416 e. The molecule has 0 aliphatic carbocycles. The number of aromatic nitrogens is 2. The molecule has 1 aromatic carbocycles. The van der Waals surface area contributed by atoms with Gasteiger partial charge in [-0.2, -0.15) is 18.3 Å². The van der Waals surface area contributed by atoms with Crippen molar-refractivity contribution in [3.05, 3.63) is 47.8 Å². The van der Waals surface area contributed by atoms with Crippen LogP contribution in [0.3, 0.4) is 0 Å². The number of hydrogen-bond acceptors (Lipinski definition) is 3. The number of amides is 1. The topological polar surface area (TPSA) is 84.2 Å². The summed E-state index contributed by atoms with van der Waals surface area (Å²) in [7, 11) is 0. The van der Waals surface area contributed by atoms with Crippen LogP contribution in [0, 0.1) is 0 Å². The molecule has 0 radical (unpaired) electrons. The number of hydrogen-bond donors (Lipinski definition) is 2. The number of carboxylic acid groups (broad SMARTS) is 1. The molecular formula is C16H15F4N3O3. The first-order valence-corrected chi connectivity index (χ1v) is 7.33. The molecule has 0 saturated carbocycles. The molecular weight excluding hydrogens is 358 g/mol. The Hall–Kier alpha value is -2.91. The lowest BCUT2D eigenvalue weighted by Gasteiger charge is -2.19. The summed E-state index contributed by atoms with van der Waals surface area (Å²) >= 11 is 0. The van der Waals surface area contributed by atoms with Crippen LogP contribution in [-0.2, 0) is 21.3 Å². The highest BCUT2D eigenvalue weighted by Gasteiger charge is 2.32. The minimum atomic E-state index is -4.56. The predicted molar refractivity (Wildman–Crippen MR) is 83.1 cm³/mol. The van der Waals surface area contributed by atoms with Crippen molar-refractivity contribution < 1.29 is 32.3 Å². The molecule has 1 atom stereocenters. The Kier molecular flexibility index (Phi) is 5.06. The monoisotopic (exact) mass is 373 g/mol. The summed E-state index contributed by atoms with van der Waals surface area (Å²) in [5.41, 5.74) is -2.52. The number of carbonyl (C=O) groups is 2. The standard InChI is InChI=1S/C16H15F4N3O3/c1-15(2,14(25)26)23-8-11(7-21-23)22-13(24)12(17)9-3-5-10(6-4-9)16(18,19)20/h3-8,12H,1-2H3,(H,22,24)(H,25,26). The quantitative estimate of drug-likeness (QED) is 0.787. The van der Waals surface area contributed by atoms with Crippen LogP contribution in [0.4, 0.5) is 23.2 Å². The second-order valence-electron chi connectivity index (χ2n) is 6.01. The second kappa shape index (κ2) is 6.77. The van der Waals surface area contributed by atoms with Gasteiger partial charge in [0.1, 0.15) is 0 Å². The lowest BCUT2D eigenvalue weighted by molar-refractivity contribution is -0.146. The summed E-state index contributed by atoms with van der Waals surface area (Å²) in [5, 5.41) is 15.1. The van der Waals surface area contributed by atoms with Crippen molar-refractivity contribution in [2.45, 2.75) is 31.7 Å². The van der Waals surface area contributed by atoms with Crippen LogP contribution in [0.1, 0.15) is 31.1 Å². The van der Waals surface area contributed by atoms with Crippen LogP contribution in [0.15, 0.2) is 36.7 Å². The first-order valence-electron chi connectivity index (χ1n) is 7.33. The molecule has 0 aliphatic rings. The SMILES string of the molecule is CC(C)(C(=O)O)n1cc(NC(=O)C(F)c2ccc(C(F)(F)F)cc2)cn1. The molecule has 1 aromatic heterocycles. The molecule has 1 unspecified atom stereocenters. The molecule has 10 heteroatoms. The summed E-state index contributed by atoms with van der Waals surface area (Å²) < 4.78 is 52.8. The Morgan fingerprint density at radius 1 is 1.19 bits per heavy atom. The molecule has 0 fully saturated rings. The first kappa shape index (κ1) is 19.4. The van der Waals surface area contributed by atoms with Gasteiger partial charge in [-0.05, 0) is 31.5 Å². The minimum Gasteiger partial charge on any atom is -0.479 e. The van der Waals surface area contributed by atoms with Crippen LogP contribution >= 0.6 is 0 Å². The molecule has 0 spiro atoms. The summed E-state index contributed by atoms with van der Waals surface area (Å²) in [6.45, 7) is 2.77. The number of nitrogens with one attached hydrogen (secondary N) is 1. The largest absolute Gasteiger partial charge is 0.479 e. The normalized spacial score (nSPS) is 13.3. The van der Waals surface area contributed by atoms with Crippen molar-refractivity contribution in [2.24, 2.45) is 0 Å². The van der Waals surface area contributed by atoms with E-state index >= 15 is 0 Å². The van der Waals surface area contributed by atoms with Gasteiger partial charge >= 0.3 is 12.1 Å². The Labute approximate surface area is 145 Å². The molecule has 6 nitrogen and oxygen atoms in total. The number of alkyl halides is 4. The van der Waals surface area contributed by atoms with Crippen molar-refractivity contribution in [1.29, 1.82) is 0 Å². The van der Waals surface area contributed by atoms with Crippen LogP contribution in [0.25, 0.3) is 0 Å². The van der Waals surface area contributed by atoms with Crippen molar-refractivity contribution in [2.75, 3.05) is 5.32 Å². The van der Waals surface area contributed by atoms with Gasteiger partial charge in [-0.1, -0.05) is 12.1 Å². The van der Waals surface area contributed by atoms with E-state index in [1.165, 1.54) is 20.0 Å². The molecule has 1 amide bonds. The highest BCUT2D eigenvalue weighted by molar-refractivity contribution is 5.94. The molecule has 2 N–H and O–H groups in total. The summed E-state index contributed by atoms with van der Waals surface area (Å²) in [6, 6.07) is 3.12. The van der Waals surface area contributed by atoms with Gasteiger partial charge in [-0.3, -0.25) is 9.48 Å². The average Bonchev–Trinajstić information content (AvgIpc) is 3.02. The Morgan fingerprint density at radius 3 is 2.27 bits per heavy atom. The van der Waals surface area contributed by atoms with Crippen molar-refractivity contribution in [3.63, 3.8) is 0 Å².